The molecule has 0 aliphatic heterocycles. The summed E-state index contributed by atoms with van der Waals surface area (Å²) in [6, 6.07) is 1.20. The Kier molecular flexibility index (Phi) is 8.26. The Labute approximate surface area is 59.9 Å². The predicted molar refractivity (Wildman–Crippen MR) is 40.7 cm³/mol. The maximum atomic E-state index is 5.18. The van der Waals surface area contributed by atoms with Gasteiger partial charge in [-0.25, -0.2) is 0 Å². The summed E-state index contributed by atoms with van der Waals surface area (Å²) in [5.41, 5.74) is 0. The third kappa shape index (κ3) is 8.14. The average molecular weight is 145 g/mol. The summed E-state index contributed by atoms with van der Waals surface area (Å²) in [6.45, 7) is 4.00. The molecule has 0 aliphatic rings. The minimum Gasteiger partial charge on any atom is -0.418 e. The molecular formula is C6H15NOSi. The van der Waals surface area contributed by atoms with Gasteiger partial charge in [0.05, 0.1) is 0 Å². The lowest BCUT2D eigenvalue weighted by Crippen LogP contribution is -2.09. The lowest BCUT2D eigenvalue weighted by Gasteiger charge is -1.97. The van der Waals surface area contributed by atoms with Gasteiger partial charge < -0.3 is 9.74 Å². The summed E-state index contributed by atoms with van der Waals surface area (Å²) in [4.78, 5) is 0. The van der Waals surface area contributed by atoms with Gasteiger partial charge in [0.2, 0.25) is 9.76 Å². The highest BCUT2D eigenvalue weighted by molar-refractivity contribution is 6.26. The molecule has 2 radical (unpaired) electrons. The van der Waals surface area contributed by atoms with Crippen molar-refractivity contribution < 1.29 is 4.43 Å². The highest BCUT2D eigenvalue weighted by Gasteiger charge is 1.87. The van der Waals surface area contributed by atoms with Crippen molar-refractivity contribution in [2.75, 3.05) is 20.2 Å². The monoisotopic (exact) mass is 145 g/mol. The van der Waals surface area contributed by atoms with Gasteiger partial charge >= 0.3 is 0 Å². The van der Waals surface area contributed by atoms with Crippen LogP contribution in [0.15, 0.2) is 0 Å². The van der Waals surface area contributed by atoms with Crippen LogP contribution in [-0.4, -0.2) is 30.0 Å². The molecule has 0 saturated carbocycles. The maximum absolute atomic E-state index is 5.18. The fourth-order valence-electron chi connectivity index (χ4n) is 0.512. The Hall–Kier alpha value is 0.137. The third-order valence-corrected chi connectivity index (χ3v) is 2.00. The second kappa shape index (κ2) is 8.14. The summed E-state index contributed by atoms with van der Waals surface area (Å²) < 4.78 is 5.18. The molecule has 0 aliphatic carbocycles. The summed E-state index contributed by atoms with van der Waals surface area (Å²) in [6.07, 6.45) is 1.23. The molecular weight excluding hydrogens is 130 g/mol. The number of rotatable bonds is 6. The SMILES string of the molecule is CCO[Si]CCCNC. The molecule has 3 heteroatoms. The van der Waals surface area contributed by atoms with Gasteiger partial charge in [-0.1, -0.05) is 0 Å². The van der Waals surface area contributed by atoms with Gasteiger partial charge in [0.15, 0.2) is 0 Å². The van der Waals surface area contributed by atoms with Gasteiger partial charge in [0.25, 0.3) is 0 Å². The smallest absolute Gasteiger partial charge is 0.229 e. The summed E-state index contributed by atoms with van der Waals surface area (Å²) in [7, 11) is 2.68. The molecule has 0 unspecified atom stereocenters. The average Bonchev–Trinajstić information content (AvgIpc) is 1.89. The first-order valence-electron chi connectivity index (χ1n) is 3.41. The highest BCUT2D eigenvalue weighted by Crippen LogP contribution is 1.86. The number of hydrogen-bond acceptors (Lipinski definition) is 2. The number of hydrogen-bond donors (Lipinski definition) is 1. The molecule has 0 atom stereocenters. The Balaban J connectivity index is 2.60. The topological polar surface area (TPSA) is 21.3 Å². The molecule has 0 aromatic rings. The summed E-state index contributed by atoms with van der Waals surface area (Å²) in [5, 5.41) is 3.09. The van der Waals surface area contributed by atoms with Gasteiger partial charge in [-0.2, -0.15) is 0 Å². The number of nitrogens with one attached hydrogen (secondary N) is 1. The first-order chi connectivity index (χ1) is 4.41. The molecule has 0 saturated heterocycles. The van der Waals surface area contributed by atoms with Crippen LogP contribution < -0.4 is 5.32 Å². The minimum absolute atomic E-state index is 0.702. The second-order valence-corrected chi connectivity index (χ2v) is 2.86. The van der Waals surface area contributed by atoms with Gasteiger partial charge in [-0.05, 0) is 33.0 Å². The Morgan fingerprint density at radius 1 is 1.56 bits per heavy atom. The zero-order valence-corrected chi connectivity index (χ0v) is 7.24. The predicted octanol–water partition coefficient (Wildman–Crippen LogP) is 0.670. The summed E-state index contributed by atoms with van der Waals surface area (Å²) in [5.74, 6) is 0. The molecule has 1 N–H and O–H groups in total. The van der Waals surface area contributed by atoms with Gasteiger partial charge in [-0.3, -0.25) is 0 Å². The van der Waals surface area contributed by atoms with Crippen molar-refractivity contribution in [3.05, 3.63) is 0 Å². The Morgan fingerprint density at radius 3 is 2.89 bits per heavy atom. The Bertz CT molecular complexity index is 46.3. The van der Waals surface area contributed by atoms with E-state index >= 15 is 0 Å². The van der Waals surface area contributed by atoms with Gasteiger partial charge in [0.1, 0.15) is 0 Å². The molecule has 0 spiro atoms. The van der Waals surface area contributed by atoms with Crippen molar-refractivity contribution in [3.8, 4) is 0 Å². The zero-order valence-electron chi connectivity index (χ0n) is 6.24. The van der Waals surface area contributed by atoms with Crippen LogP contribution >= 0.6 is 0 Å². The summed E-state index contributed by atoms with van der Waals surface area (Å²) >= 11 is 0. The van der Waals surface area contributed by atoms with Crippen molar-refractivity contribution in [1.82, 2.24) is 5.32 Å². The fourth-order valence-corrected chi connectivity index (χ4v) is 1.18. The van der Waals surface area contributed by atoms with Crippen molar-refractivity contribution >= 4 is 9.76 Å². The molecule has 0 heterocycles. The lowest BCUT2D eigenvalue weighted by molar-refractivity contribution is 0.359. The van der Waals surface area contributed by atoms with E-state index in [1.807, 2.05) is 14.0 Å². The molecule has 0 amide bonds. The quantitative estimate of drug-likeness (QED) is 0.438. The lowest BCUT2D eigenvalue weighted by atomic mass is 10.5. The fraction of sp³-hybridized carbons (Fsp3) is 1.00. The first kappa shape index (κ1) is 9.14. The van der Waals surface area contributed by atoms with Crippen LogP contribution in [0.5, 0.6) is 0 Å². The van der Waals surface area contributed by atoms with E-state index in [4.69, 9.17) is 4.43 Å². The third-order valence-electron chi connectivity index (χ3n) is 0.952. The van der Waals surface area contributed by atoms with E-state index in [0.717, 1.165) is 13.2 Å². The molecule has 0 fully saturated rings. The van der Waals surface area contributed by atoms with E-state index in [1.54, 1.807) is 0 Å². The largest absolute Gasteiger partial charge is 0.418 e. The van der Waals surface area contributed by atoms with E-state index in [2.05, 4.69) is 5.32 Å². The standard InChI is InChI=1S/C6H15NOSi/c1-3-8-9-6-4-5-7-2/h7H,3-6H2,1-2H3. The van der Waals surface area contributed by atoms with Crippen molar-refractivity contribution in [3.63, 3.8) is 0 Å². The van der Waals surface area contributed by atoms with Gasteiger partial charge in [0, 0.05) is 6.61 Å². The van der Waals surface area contributed by atoms with Crippen molar-refractivity contribution in [2.24, 2.45) is 0 Å². The van der Waals surface area contributed by atoms with Gasteiger partial charge in [-0.15, -0.1) is 0 Å². The van der Waals surface area contributed by atoms with E-state index in [9.17, 15) is 0 Å². The van der Waals surface area contributed by atoms with E-state index in [1.165, 1.54) is 12.5 Å². The molecule has 9 heavy (non-hydrogen) atoms. The normalized spacial score (nSPS) is 10.0. The second-order valence-electron chi connectivity index (χ2n) is 1.78. The maximum Gasteiger partial charge on any atom is 0.229 e. The van der Waals surface area contributed by atoms with Crippen LogP contribution in [0.2, 0.25) is 6.04 Å². The van der Waals surface area contributed by atoms with Crippen LogP contribution in [0.25, 0.3) is 0 Å². The van der Waals surface area contributed by atoms with Crippen molar-refractivity contribution in [1.29, 1.82) is 0 Å². The Morgan fingerprint density at radius 2 is 2.33 bits per heavy atom. The molecule has 2 nitrogen and oxygen atoms in total. The molecule has 54 valence electrons. The van der Waals surface area contributed by atoms with Crippen LogP contribution in [0.1, 0.15) is 13.3 Å². The van der Waals surface area contributed by atoms with Crippen LogP contribution in [0.3, 0.4) is 0 Å². The van der Waals surface area contributed by atoms with Crippen LogP contribution in [0.4, 0.5) is 0 Å². The first-order valence-corrected chi connectivity index (χ1v) is 4.52. The molecule has 0 rings (SSSR count). The molecule has 0 bridgehead atoms. The van der Waals surface area contributed by atoms with Crippen molar-refractivity contribution in [2.45, 2.75) is 19.4 Å². The van der Waals surface area contributed by atoms with E-state index in [0.29, 0.717) is 9.76 Å². The van der Waals surface area contributed by atoms with E-state index < -0.39 is 0 Å². The van der Waals surface area contributed by atoms with Crippen LogP contribution in [0, 0.1) is 0 Å². The minimum atomic E-state index is 0.702. The highest BCUT2D eigenvalue weighted by atomic mass is 28.2. The molecule has 0 aromatic carbocycles. The zero-order chi connectivity index (χ0) is 6.95. The molecule has 0 aromatic heterocycles. The van der Waals surface area contributed by atoms with Crippen LogP contribution in [-0.2, 0) is 4.43 Å². The van der Waals surface area contributed by atoms with E-state index in [-0.39, 0.29) is 0 Å².